The number of hydrogen-bond donors (Lipinski definition) is 1. The first-order chi connectivity index (χ1) is 8.20. The van der Waals surface area contributed by atoms with Gasteiger partial charge in [0, 0.05) is 17.5 Å². The van der Waals surface area contributed by atoms with Crippen LogP contribution in [0.5, 0.6) is 5.75 Å². The van der Waals surface area contributed by atoms with Gasteiger partial charge in [-0.15, -0.1) is 11.3 Å². The van der Waals surface area contributed by atoms with Gasteiger partial charge < -0.3 is 10.5 Å². The van der Waals surface area contributed by atoms with Crippen LogP contribution in [-0.4, -0.2) is 6.54 Å². The Morgan fingerprint density at radius 1 is 1.41 bits per heavy atom. The fourth-order valence-electron chi connectivity index (χ4n) is 1.41. The summed E-state index contributed by atoms with van der Waals surface area (Å²) < 4.78 is 18.9. The molecular formula is C12H11ClFNOS. The molecule has 0 radical (unpaired) electrons. The lowest BCUT2D eigenvalue weighted by Gasteiger charge is -2.16. The highest BCUT2D eigenvalue weighted by atomic mass is 35.5. The van der Waals surface area contributed by atoms with Gasteiger partial charge in [0.1, 0.15) is 17.7 Å². The van der Waals surface area contributed by atoms with Crippen LogP contribution in [0.2, 0.25) is 5.02 Å². The van der Waals surface area contributed by atoms with Crippen molar-refractivity contribution < 1.29 is 9.13 Å². The van der Waals surface area contributed by atoms with Crippen molar-refractivity contribution in [3.8, 4) is 5.75 Å². The Hall–Kier alpha value is -1.10. The minimum atomic E-state index is -0.494. The number of rotatable bonds is 4. The topological polar surface area (TPSA) is 35.2 Å². The zero-order chi connectivity index (χ0) is 12.3. The lowest BCUT2D eigenvalue weighted by molar-refractivity contribution is 0.217. The molecule has 0 aliphatic heterocycles. The summed E-state index contributed by atoms with van der Waals surface area (Å²) in [6.07, 6.45) is -0.254. The maximum absolute atomic E-state index is 13.2. The van der Waals surface area contributed by atoms with Crippen LogP contribution >= 0.6 is 22.9 Å². The maximum atomic E-state index is 13.2. The van der Waals surface area contributed by atoms with Gasteiger partial charge in [0.15, 0.2) is 0 Å². The molecule has 0 saturated carbocycles. The van der Waals surface area contributed by atoms with Crippen LogP contribution in [0.4, 0.5) is 4.39 Å². The predicted molar refractivity (Wildman–Crippen MR) is 68.2 cm³/mol. The number of ether oxygens (including phenoxy) is 1. The minimum Gasteiger partial charge on any atom is -0.483 e. The molecule has 1 heterocycles. The third-order valence-corrected chi connectivity index (χ3v) is 3.51. The molecule has 2 N–H and O–H groups in total. The van der Waals surface area contributed by atoms with Crippen LogP contribution in [0.3, 0.4) is 0 Å². The van der Waals surface area contributed by atoms with Gasteiger partial charge in [-0.25, -0.2) is 4.39 Å². The first-order valence-electron chi connectivity index (χ1n) is 5.06. The van der Waals surface area contributed by atoms with Crippen molar-refractivity contribution >= 4 is 22.9 Å². The number of hydrogen-bond acceptors (Lipinski definition) is 3. The smallest absolute Gasteiger partial charge is 0.145 e. The quantitative estimate of drug-likeness (QED) is 0.922. The minimum absolute atomic E-state index is 0.0813. The van der Waals surface area contributed by atoms with Gasteiger partial charge in [-0.2, -0.15) is 0 Å². The third kappa shape index (κ3) is 2.97. The van der Waals surface area contributed by atoms with Crippen molar-refractivity contribution in [2.24, 2.45) is 5.73 Å². The van der Waals surface area contributed by atoms with E-state index in [1.54, 1.807) is 17.4 Å². The molecule has 2 aromatic rings. The van der Waals surface area contributed by atoms with Gasteiger partial charge in [0.05, 0.1) is 5.02 Å². The lowest BCUT2D eigenvalue weighted by Crippen LogP contribution is -2.17. The highest BCUT2D eigenvalue weighted by Gasteiger charge is 2.13. The number of nitrogens with two attached hydrogens (primary N) is 1. The first kappa shape index (κ1) is 12.4. The molecular weight excluding hydrogens is 261 g/mol. The predicted octanol–water partition coefficient (Wildman–Crippen LogP) is 3.62. The molecule has 0 aliphatic rings. The second-order valence-electron chi connectivity index (χ2n) is 3.43. The summed E-state index contributed by atoms with van der Waals surface area (Å²) in [5.74, 6) is -0.0677. The van der Waals surface area contributed by atoms with Gasteiger partial charge in [-0.3, -0.25) is 0 Å². The zero-order valence-corrected chi connectivity index (χ0v) is 10.5. The van der Waals surface area contributed by atoms with E-state index in [1.165, 1.54) is 12.1 Å². The highest BCUT2D eigenvalue weighted by Crippen LogP contribution is 2.27. The Bertz CT molecular complexity index is 489. The monoisotopic (exact) mass is 271 g/mol. The van der Waals surface area contributed by atoms with Crippen LogP contribution < -0.4 is 10.5 Å². The molecule has 0 aliphatic carbocycles. The number of halogens is 2. The normalized spacial score (nSPS) is 12.4. The van der Waals surface area contributed by atoms with E-state index in [-0.39, 0.29) is 11.1 Å². The van der Waals surface area contributed by atoms with Gasteiger partial charge in [-0.05, 0) is 23.6 Å². The van der Waals surface area contributed by atoms with Crippen LogP contribution in [0.25, 0.3) is 0 Å². The average molecular weight is 272 g/mol. The molecule has 1 aromatic heterocycles. The Morgan fingerprint density at radius 3 is 2.82 bits per heavy atom. The van der Waals surface area contributed by atoms with Gasteiger partial charge in [0.25, 0.3) is 0 Å². The first-order valence-corrected chi connectivity index (χ1v) is 6.31. The summed E-state index contributed by atoms with van der Waals surface area (Å²) in [5.41, 5.74) is 5.64. The molecule has 2 nitrogen and oxygen atoms in total. The highest BCUT2D eigenvalue weighted by molar-refractivity contribution is 7.10. The van der Waals surface area contributed by atoms with Crippen LogP contribution in [-0.2, 0) is 0 Å². The summed E-state index contributed by atoms with van der Waals surface area (Å²) >= 11 is 7.15. The van der Waals surface area contributed by atoms with Crippen molar-refractivity contribution in [3.05, 3.63) is 51.4 Å². The maximum Gasteiger partial charge on any atom is 0.145 e. The summed E-state index contributed by atoms with van der Waals surface area (Å²) in [6, 6.07) is 8.22. The number of benzene rings is 1. The van der Waals surface area contributed by atoms with Crippen LogP contribution in [0, 0.1) is 5.82 Å². The fraction of sp³-hybridized carbons (Fsp3) is 0.167. The SMILES string of the molecule is NCC(Oc1ccc(Cl)c(F)c1)c1cccs1. The fourth-order valence-corrected chi connectivity index (χ4v) is 2.30. The Balaban J connectivity index is 2.16. The van der Waals surface area contributed by atoms with Gasteiger partial charge in [0.2, 0.25) is 0 Å². The molecule has 1 aromatic carbocycles. The van der Waals surface area contributed by atoms with Crippen molar-refractivity contribution in [2.45, 2.75) is 6.10 Å². The molecule has 5 heteroatoms. The van der Waals surface area contributed by atoms with E-state index in [4.69, 9.17) is 22.1 Å². The molecule has 0 bridgehead atoms. The molecule has 2 rings (SSSR count). The van der Waals surface area contributed by atoms with E-state index in [1.807, 2.05) is 17.5 Å². The Kier molecular flexibility index (Phi) is 3.99. The van der Waals surface area contributed by atoms with Crippen molar-refractivity contribution in [1.82, 2.24) is 0 Å². The van der Waals surface area contributed by atoms with E-state index >= 15 is 0 Å². The molecule has 0 amide bonds. The summed E-state index contributed by atoms with van der Waals surface area (Å²) in [5, 5.41) is 2.03. The second kappa shape index (κ2) is 5.49. The largest absolute Gasteiger partial charge is 0.483 e. The van der Waals surface area contributed by atoms with Gasteiger partial charge in [-0.1, -0.05) is 17.7 Å². The molecule has 0 fully saturated rings. The summed E-state index contributed by atoms with van der Waals surface area (Å²) in [6.45, 7) is 0.338. The van der Waals surface area contributed by atoms with E-state index in [9.17, 15) is 4.39 Å². The molecule has 90 valence electrons. The van der Waals surface area contributed by atoms with Crippen molar-refractivity contribution in [1.29, 1.82) is 0 Å². The number of thiophene rings is 1. The summed E-state index contributed by atoms with van der Waals surface area (Å²) in [7, 11) is 0. The van der Waals surface area contributed by atoms with Crippen molar-refractivity contribution in [3.63, 3.8) is 0 Å². The lowest BCUT2D eigenvalue weighted by atomic mass is 10.3. The average Bonchev–Trinajstić information content (AvgIpc) is 2.84. The summed E-state index contributed by atoms with van der Waals surface area (Å²) in [4.78, 5) is 1.02. The van der Waals surface area contributed by atoms with Gasteiger partial charge >= 0.3 is 0 Å². The van der Waals surface area contributed by atoms with E-state index in [0.717, 1.165) is 4.88 Å². The van der Waals surface area contributed by atoms with Crippen molar-refractivity contribution in [2.75, 3.05) is 6.54 Å². The van der Waals surface area contributed by atoms with E-state index in [2.05, 4.69) is 0 Å². The van der Waals surface area contributed by atoms with Crippen LogP contribution in [0.1, 0.15) is 11.0 Å². The van der Waals surface area contributed by atoms with E-state index < -0.39 is 5.82 Å². The standard InChI is InChI=1S/C12H11ClFNOS/c13-9-4-3-8(6-10(9)14)16-11(7-15)12-2-1-5-17-12/h1-6,11H,7,15H2. The van der Waals surface area contributed by atoms with Crippen LogP contribution in [0.15, 0.2) is 35.7 Å². The Labute approximate surface area is 108 Å². The Morgan fingerprint density at radius 2 is 2.24 bits per heavy atom. The molecule has 0 spiro atoms. The molecule has 1 atom stereocenters. The third-order valence-electron chi connectivity index (χ3n) is 2.24. The molecule has 1 unspecified atom stereocenters. The second-order valence-corrected chi connectivity index (χ2v) is 4.82. The van der Waals surface area contributed by atoms with E-state index in [0.29, 0.717) is 12.3 Å². The molecule has 17 heavy (non-hydrogen) atoms. The molecule has 0 saturated heterocycles. The zero-order valence-electron chi connectivity index (χ0n) is 8.90.